The minimum Gasteiger partial charge on any atom is -0.452 e. The van der Waals surface area contributed by atoms with Crippen molar-refractivity contribution >= 4 is 29.2 Å². The van der Waals surface area contributed by atoms with E-state index in [1.807, 2.05) is 5.38 Å². The fourth-order valence-electron chi connectivity index (χ4n) is 1.01. The second-order valence-electron chi connectivity index (χ2n) is 2.42. The van der Waals surface area contributed by atoms with Gasteiger partial charge in [0.15, 0.2) is 12.0 Å². The van der Waals surface area contributed by atoms with Crippen molar-refractivity contribution in [2.24, 2.45) is 0 Å². The lowest BCUT2D eigenvalue weighted by molar-refractivity contribution is 0.110. The minimum atomic E-state index is 0.319. The minimum absolute atomic E-state index is 0.319. The lowest BCUT2D eigenvalue weighted by atomic mass is 10.3. The normalized spacial score (nSPS) is 10.2. The summed E-state index contributed by atoms with van der Waals surface area (Å²) >= 11 is 7.37. The molecule has 0 amide bonds. The molecule has 0 spiro atoms. The van der Waals surface area contributed by atoms with Gasteiger partial charge in [0, 0.05) is 0 Å². The molecule has 2 heterocycles. The van der Waals surface area contributed by atoms with E-state index in [0.29, 0.717) is 22.8 Å². The molecule has 0 aliphatic carbocycles. The number of rotatable bonds is 2. The SMILES string of the molecule is O=Cc1ccc(-c2sccc2Cl)o1. The summed E-state index contributed by atoms with van der Waals surface area (Å²) in [6, 6.07) is 5.16. The van der Waals surface area contributed by atoms with Gasteiger partial charge in [-0.05, 0) is 23.6 Å². The Balaban J connectivity index is 2.46. The van der Waals surface area contributed by atoms with E-state index < -0.39 is 0 Å². The Labute approximate surface area is 83.8 Å². The first-order valence-electron chi connectivity index (χ1n) is 3.59. The maximum atomic E-state index is 10.4. The van der Waals surface area contributed by atoms with Crippen molar-refractivity contribution in [3.8, 4) is 10.6 Å². The van der Waals surface area contributed by atoms with Crippen LogP contribution in [0.2, 0.25) is 5.02 Å². The maximum Gasteiger partial charge on any atom is 0.185 e. The van der Waals surface area contributed by atoms with E-state index in [2.05, 4.69) is 0 Å². The maximum absolute atomic E-state index is 10.4. The molecule has 13 heavy (non-hydrogen) atoms. The van der Waals surface area contributed by atoms with Crippen molar-refractivity contribution in [3.05, 3.63) is 34.4 Å². The van der Waals surface area contributed by atoms with Gasteiger partial charge in [0.05, 0.1) is 9.90 Å². The Bertz CT molecular complexity index is 430. The molecule has 0 aliphatic heterocycles. The number of thiophene rings is 1. The number of halogens is 1. The highest BCUT2D eigenvalue weighted by Crippen LogP contribution is 2.33. The predicted octanol–water partition coefficient (Wildman–Crippen LogP) is 3.47. The van der Waals surface area contributed by atoms with Gasteiger partial charge in [0.2, 0.25) is 0 Å². The number of furan rings is 1. The second kappa shape index (κ2) is 3.36. The van der Waals surface area contributed by atoms with Gasteiger partial charge in [-0.25, -0.2) is 0 Å². The van der Waals surface area contributed by atoms with Gasteiger partial charge >= 0.3 is 0 Å². The molecule has 0 bridgehead atoms. The summed E-state index contributed by atoms with van der Waals surface area (Å²) in [6.07, 6.45) is 0.672. The molecule has 0 atom stereocenters. The summed E-state index contributed by atoms with van der Waals surface area (Å²) in [6.45, 7) is 0. The largest absolute Gasteiger partial charge is 0.452 e. The summed E-state index contributed by atoms with van der Waals surface area (Å²) in [5.74, 6) is 0.960. The van der Waals surface area contributed by atoms with Crippen LogP contribution in [0.3, 0.4) is 0 Å². The molecule has 0 N–H and O–H groups in total. The highest BCUT2D eigenvalue weighted by atomic mass is 35.5. The van der Waals surface area contributed by atoms with Gasteiger partial charge in [-0.2, -0.15) is 0 Å². The molecule has 0 aromatic carbocycles. The van der Waals surface area contributed by atoms with Crippen molar-refractivity contribution in [3.63, 3.8) is 0 Å². The molecule has 2 aromatic heterocycles. The standard InChI is InChI=1S/C9H5ClO2S/c10-7-3-4-13-9(7)8-2-1-6(5-11)12-8/h1-5H. The van der Waals surface area contributed by atoms with Crippen LogP contribution >= 0.6 is 22.9 Å². The highest BCUT2D eigenvalue weighted by Gasteiger charge is 2.08. The molecule has 2 nitrogen and oxygen atoms in total. The average Bonchev–Trinajstić information content (AvgIpc) is 2.71. The van der Waals surface area contributed by atoms with E-state index in [1.54, 1.807) is 18.2 Å². The van der Waals surface area contributed by atoms with Gasteiger partial charge in [-0.1, -0.05) is 11.6 Å². The summed E-state index contributed by atoms with van der Waals surface area (Å²) in [5, 5.41) is 2.53. The molecular formula is C9H5ClO2S. The number of aldehydes is 1. The lowest BCUT2D eigenvalue weighted by Crippen LogP contribution is -1.68. The van der Waals surface area contributed by atoms with Crippen molar-refractivity contribution in [1.29, 1.82) is 0 Å². The molecule has 66 valence electrons. The van der Waals surface area contributed by atoms with E-state index in [4.69, 9.17) is 16.0 Å². The summed E-state index contributed by atoms with van der Waals surface area (Å²) in [7, 11) is 0. The molecule has 2 rings (SSSR count). The molecular weight excluding hydrogens is 208 g/mol. The molecule has 0 radical (unpaired) electrons. The Morgan fingerprint density at radius 2 is 2.23 bits per heavy atom. The molecule has 2 aromatic rings. The second-order valence-corrected chi connectivity index (χ2v) is 3.74. The zero-order valence-corrected chi connectivity index (χ0v) is 8.06. The summed E-state index contributed by atoms with van der Waals surface area (Å²) in [4.78, 5) is 11.2. The Hall–Kier alpha value is -1.06. The third kappa shape index (κ3) is 1.53. The van der Waals surface area contributed by atoms with Gasteiger partial charge in [0.25, 0.3) is 0 Å². The predicted molar refractivity (Wildman–Crippen MR) is 52.4 cm³/mol. The third-order valence-electron chi connectivity index (χ3n) is 1.58. The first-order chi connectivity index (χ1) is 6.31. The van der Waals surface area contributed by atoms with Crippen LogP contribution in [-0.2, 0) is 0 Å². The molecule has 4 heteroatoms. The van der Waals surface area contributed by atoms with Crippen molar-refractivity contribution in [1.82, 2.24) is 0 Å². The van der Waals surface area contributed by atoms with Crippen LogP contribution < -0.4 is 0 Å². The highest BCUT2D eigenvalue weighted by molar-refractivity contribution is 7.14. The van der Waals surface area contributed by atoms with E-state index in [-0.39, 0.29) is 0 Å². The van der Waals surface area contributed by atoms with Crippen molar-refractivity contribution in [2.75, 3.05) is 0 Å². The fourth-order valence-corrected chi connectivity index (χ4v) is 2.12. The molecule has 0 saturated heterocycles. The first kappa shape index (κ1) is 8.53. The van der Waals surface area contributed by atoms with Crippen LogP contribution in [-0.4, -0.2) is 6.29 Å². The van der Waals surface area contributed by atoms with Crippen LogP contribution in [0.15, 0.2) is 28.0 Å². The fraction of sp³-hybridized carbons (Fsp3) is 0. The first-order valence-corrected chi connectivity index (χ1v) is 4.85. The average molecular weight is 213 g/mol. The van der Waals surface area contributed by atoms with Crippen LogP contribution in [0.1, 0.15) is 10.6 Å². The van der Waals surface area contributed by atoms with Crippen LogP contribution in [0.4, 0.5) is 0 Å². The number of carbonyl (C=O) groups is 1. The lowest BCUT2D eigenvalue weighted by Gasteiger charge is -1.90. The van der Waals surface area contributed by atoms with E-state index in [1.165, 1.54) is 11.3 Å². The Morgan fingerprint density at radius 3 is 2.77 bits per heavy atom. The number of hydrogen-bond donors (Lipinski definition) is 0. The van der Waals surface area contributed by atoms with E-state index in [0.717, 1.165) is 4.88 Å². The molecule has 0 aliphatic rings. The zero-order chi connectivity index (χ0) is 9.26. The van der Waals surface area contributed by atoms with Crippen LogP contribution in [0.5, 0.6) is 0 Å². The molecule has 0 saturated carbocycles. The van der Waals surface area contributed by atoms with Crippen molar-refractivity contribution < 1.29 is 9.21 Å². The number of hydrogen-bond acceptors (Lipinski definition) is 3. The van der Waals surface area contributed by atoms with E-state index in [9.17, 15) is 4.79 Å². The Morgan fingerprint density at radius 1 is 1.38 bits per heavy atom. The summed E-state index contributed by atoms with van der Waals surface area (Å²) < 4.78 is 5.22. The Kier molecular flexibility index (Phi) is 2.20. The zero-order valence-electron chi connectivity index (χ0n) is 6.49. The van der Waals surface area contributed by atoms with Gasteiger partial charge < -0.3 is 4.42 Å². The molecule has 0 unspecified atom stereocenters. The summed E-state index contributed by atoms with van der Waals surface area (Å²) in [5.41, 5.74) is 0. The smallest absolute Gasteiger partial charge is 0.185 e. The van der Waals surface area contributed by atoms with Gasteiger partial charge in [-0.15, -0.1) is 11.3 Å². The van der Waals surface area contributed by atoms with E-state index >= 15 is 0 Å². The topological polar surface area (TPSA) is 30.2 Å². The van der Waals surface area contributed by atoms with Gasteiger partial charge in [0.1, 0.15) is 5.76 Å². The monoisotopic (exact) mass is 212 g/mol. The third-order valence-corrected chi connectivity index (χ3v) is 2.94. The molecule has 0 fully saturated rings. The van der Waals surface area contributed by atoms with Crippen LogP contribution in [0.25, 0.3) is 10.6 Å². The quantitative estimate of drug-likeness (QED) is 0.714. The van der Waals surface area contributed by atoms with Crippen LogP contribution in [0, 0.1) is 0 Å². The van der Waals surface area contributed by atoms with Gasteiger partial charge in [-0.3, -0.25) is 4.79 Å². The van der Waals surface area contributed by atoms with Crippen molar-refractivity contribution in [2.45, 2.75) is 0 Å². The number of carbonyl (C=O) groups excluding carboxylic acids is 1.